The molecule has 7 nitrogen and oxygen atoms in total. The van der Waals surface area contributed by atoms with Crippen LogP contribution in [-0.4, -0.2) is 45.4 Å². The minimum Gasteiger partial charge on any atom is -0.491 e. The summed E-state index contributed by atoms with van der Waals surface area (Å²) in [6.07, 6.45) is 2.76. The largest absolute Gasteiger partial charge is 0.491 e. The molecule has 2 heterocycles. The Kier molecular flexibility index (Phi) is 8.70. The molecule has 9 heteroatoms. The summed E-state index contributed by atoms with van der Waals surface area (Å²) in [7, 11) is 0. The maximum atomic E-state index is 12.8. The van der Waals surface area contributed by atoms with E-state index in [4.69, 9.17) is 4.74 Å². The zero-order valence-corrected chi connectivity index (χ0v) is 21.2. The number of rotatable bonds is 10. The summed E-state index contributed by atoms with van der Waals surface area (Å²) in [6, 6.07) is 20.4. The Morgan fingerprint density at radius 3 is 2.60 bits per heavy atom. The SMILES string of the molecule is O=C1S/C(=C\c2ccc(OCC(O)CNCc3ccccn3)cc2)C(=O)N1Cc1ccccc1Br. The number of amides is 2. The molecule has 2 N–H and O–H groups in total. The van der Waals surface area contributed by atoms with Gasteiger partial charge in [0.05, 0.1) is 17.1 Å². The van der Waals surface area contributed by atoms with Crippen molar-refractivity contribution in [3.63, 3.8) is 0 Å². The number of pyridine rings is 1. The van der Waals surface area contributed by atoms with Crippen molar-refractivity contribution in [1.82, 2.24) is 15.2 Å². The van der Waals surface area contributed by atoms with Crippen molar-refractivity contribution >= 4 is 44.9 Å². The number of nitrogens with zero attached hydrogens (tertiary/aromatic N) is 2. The maximum Gasteiger partial charge on any atom is 0.293 e. The van der Waals surface area contributed by atoms with Gasteiger partial charge in [0, 0.05) is 23.8 Å². The van der Waals surface area contributed by atoms with Gasteiger partial charge >= 0.3 is 0 Å². The Bertz CT molecular complexity index is 1200. The minimum atomic E-state index is -0.672. The summed E-state index contributed by atoms with van der Waals surface area (Å²) < 4.78 is 6.52. The van der Waals surface area contributed by atoms with Crippen LogP contribution in [-0.2, 0) is 17.9 Å². The van der Waals surface area contributed by atoms with Crippen LogP contribution in [0, 0.1) is 0 Å². The average Bonchev–Trinajstić information content (AvgIpc) is 3.13. The van der Waals surface area contributed by atoms with Crippen molar-refractivity contribution < 1.29 is 19.4 Å². The molecule has 1 atom stereocenters. The molecule has 35 heavy (non-hydrogen) atoms. The fourth-order valence-corrected chi connectivity index (χ4v) is 4.61. The molecule has 1 aromatic heterocycles. The lowest BCUT2D eigenvalue weighted by Gasteiger charge is -2.13. The van der Waals surface area contributed by atoms with Gasteiger partial charge in [-0.2, -0.15) is 0 Å². The summed E-state index contributed by atoms with van der Waals surface area (Å²) in [6.45, 7) is 1.31. The van der Waals surface area contributed by atoms with E-state index in [-0.39, 0.29) is 24.3 Å². The molecule has 2 amide bonds. The van der Waals surface area contributed by atoms with Gasteiger partial charge in [0.2, 0.25) is 0 Å². The molecule has 0 spiro atoms. The normalized spacial score (nSPS) is 15.6. The van der Waals surface area contributed by atoms with Gasteiger partial charge in [-0.1, -0.05) is 52.3 Å². The molecule has 4 rings (SSSR count). The molecular weight excluding hydrogens is 530 g/mol. The van der Waals surface area contributed by atoms with Crippen LogP contribution in [0.15, 0.2) is 82.3 Å². The van der Waals surface area contributed by atoms with E-state index < -0.39 is 6.10 Å². The van der Waals surface area contributed by atoms with Crippen LogP contribution in [0.2, 0.25) is 0 Å². The molecule has 0 radical (unpaired) electrons. The molecule has 0 saturated carbocycles. The second-order valence-corrected chi connectivity index (χ2v) is 9.69. The van der Waals surface area contributed by atoms with Crippen LogP contribution in [0.4, 0.5) is 4.79 Å². The second-order valence-electron chi connectivity index (χ2n) is 7.85. The lowest BCUT2D eigenvalue weighted by molar-refractivity contribution is -0.123. The van der Waals surface area contributed by atoms with Crippen molar-refractivity contribution in [3.8, 4) is 5.75 Å². The monoisotopic (exact) mass is 553 g/mol. The predicted octanol–water partition coefficient (Wildman–Crippen LogP) is 4.61. The van der Waals surface area contributed by atoms with Crippen molar-refractivity contribution in [2.75, 3.05) is 13.2 Å². The van der Waals surface area contributed by atoms with Gasteiger partial charge < -0.3 is 15.2 Å². The van der Waals surface area contributed by atoms with E-state index in [9.17, 15) is 14.7 Å². The van der Waals surface area contributed by atoms with Crippen LogP contribution in [0.3, 0.4) is 0 Å². The summed E-state index contributed by atoms with van der Waals surface area (Å²) in [4.78, 5) is 31.1. The number of nitrogens with one attached hydrogen (secondary N) is 1. The molecule has 0 aliphatic carbocycles. The number of thioether (sulfide) groups is 1. The number of hydrogen-bond donors (Lipinski definition) is 2. The van der Waals surface area contributed by atoms with Gasteiger partial charge in [0.25, 0.3) is 11.1 Å². The summed E-state index contributed by atoms with van der Waals surface area (Å²) in [5, 5.41) is 13.0. The number of imide groups is 1. The Morgan fingerprint density at radius 2 is 1.86 bits per heavy atom. The first-order valence-corrected chi connectivity index (χ1v) is 12.6. The number of aromatic nitrogens is 1. The summed E-state index contributed by atoms with van der Waals surface area (Å²) in [5.74, 6) is 0.297. The zero-order chi connectivity index (χ0) is 24.6. The first kappa shape index (κ1) is 25.1. The van der Waals surface area contributed by atoms with Crippen LogP contribution < -0.4 is 10.1 Å². The molecule has 1 fully saturated rings. The van der Waals surface area contributed by atoms with E-state index in [1.54, 1.807) is 24.4 Å². The number of aliphatic hydroxyl groups is 1. The smallest absolute Gasteiger partial charge is 0.293 e. The Labute approximate surface area is 216 Å². The number of hydrogen-bond acceptors (Lipinski definition) is 7. The second kappa shape index (κ2) is 12.1. The Morgan fingerprint density at radius 1 is 1.09 bits per heavy atom. The van der Waals surface area contributed by atoms with Crippen LogP contribution in [0.1, 0.15) is 16.8 Å². The van der Waals surface area contributed by atoms with Crippen LogP contribution in [0.25, 0.3) is 6.08 Å². The number of carbonyl (C=O) groups excluding carboxylic acids is 2. The lowest BCUT2D eigenvalue weighted by atomic mass is 10.2. The third kappa shape index (κ3) is 7.02. The number of carbonyl (C=O) groups is 2. The van der Waals surface area contributed by atoms with E-state index in [1.807, 2.05) is 54.6 Å². The molecule has 1 saturated heterocycles. The van der Waals surface area contributed by atoms with Crippen molar-refractivity contribution in [2.24, 2.45) is 0 Å². The van der Waals surface area contributed by atoms with E-state index in [2.05, 4.69) is 26.2 Å². The van der Waals surface area contributed by atoms with Crippen molar-refractivity contribution in [2.45, 2.75) is 19.2 Å². The summed E-state index contributed by atoms with van der Waals surface area (Å²) >= 11 is 4.39. The highest BCUT2D eigenvalue weighted by atomic mass is 79.9. The molecular formula is C26H24BrN3O4S. The first-order valence-electron chi connectivity index (χ1n) is 11.0. The van der Waals surface area contributed by atoms with Crippen molar-refractivity contribution in [1.29, 1.82) is 0 Å². The molecule has 0 bridgehead atoms. The molecule has 3 aromatic rings. The van der Waals surface area contributed by atoms with Gasteiger partial charge in [-0.05, 0) is 59.3 Å². The third-order valence-electron chi connectivity index (χ3n) is 5.19. The highest BCUT2D eigenvalue weighted by molar-refractivity contribution is 9.10. The van der Waals surface area contributed by atoms with E-state index in [0.29, 0.717) is 23.7 Å². The quantitative estimate of drug-likeness (QED) is 0.354. The third-order valence-corrected chi connectivity index (χ3v) is 6.87. The van der Waals surface area contributed by atoms with Gasteiger partial charge in [0.1, 0.15) is 18.5 Å². The summed E-state index contributed by atoms with van der Waals surface area (Å²) in [5.41, 5.74) is 2.55. The predicted molar refractivity (Wildman–Crippen MR) is 140 cm³/mol. The molecule has 2 aromatic carbocycles. The number of benzene rings is 2. The van der Waals surface area contributed by atoms with E-state index in [0.717, 1.165) is 33.1 Å². The van der Waals surface area contributed by atoms with Gasteiger partial charge in [-0.3, -0.25) is 19.5 Å². The Balaban J connectivity index is 1.27. The fourth-order valence-electron chi connectivity index (χ4n) is 3.37. The molecule has 180 valence electrons. The standard InChI is InChI=1S/C26H24BrN3O4S/c27-23-7-2-1-5-19(23)16-30-25(32)24(35-26(30)33)13-18-8-10-22(11-9-18)34-17-21(31)15-28-14-20-6-3-4-12-29-20/h1-13,21,28,31H,14-17H2/b24-13-. The zero-order valence-electron chi connectivity index (χ0n) is 18.8. The molecule has 1 aliphatic heterocycles. The van der Waals surface area contributed by atoms with Gasteiger partial charge in [-0.25, -0.2) is 0 Å². The Hall–Kier alpha value is -2.98. The number of halogens is 1. The van der Waals surface area contributed by atoms with Gasteiger partial charge in [0.15, 0.2) is 0 Å². The minimum absolute atomic E-state index is 0.141. The number of aliphatic hydroxyl groups excluding tert-OH is 1. The molecule has 1 unspecified atom stereocenters. The van der Waals surface area contributed by atoms with Crippen LogP contribution in [0.5, 0.6) is 5.75 Å². The lowest BCUT2D eigenvalue weighted by Crippen LogP contribution is -2.31. The average molecular weight is 554 g/mol. The number of ether oxygens (including phenoxy) is 1. The highest BCUT2D eigenvalue weighted by Crippen LogP contribution is 2.34. The first-order chi connectivity index (χ1) is 17.0. The molecule has 1 aliphatic rings. The highest BCUT2D eigenvalue weighted by Gasteiger charge is 2.35. The maximum absolute atomic E-state index is 12.8. The topological polar surface area (TPSA) is 91.8 Å². The van der Waals surface area contributed by atoms with Crippen molar-refractivity contribution in [3.05, 3.63) is 99.1 Å². The van der Waals surface area contributed by atoms with Gasteiger partial charge in [-0.15, -0.1) is 0 Å². The fraction of sp³-hybridized carbons (Fsp3) is 0.192. The van der Waals surface area contributed by atoms with E-state index in [1.165, 1.54) is 4.90 Å². The van der Waals surface area contributed by atoms with E-state index >= 15 is 0 Å². The van der Waals surface area contributed by atoms with Crippen LogP contribution >= 0.6 is 27.7 Å².